The molecule has 5 rings (SSSR count). The first kappa shape index (κ1) is 20.1. The summed E-state index contributed by atoms with van der Waals surface area (Å²) < 4.78 is 16.6. The normalized spacial score (nSPS) is 15.2. The Labute approximate surface area is 185 Å². The summed E-state index contributed by atoms with van der Waals surface area (Å²) in [5.41, 5.74) is 2.96. The lowest BCUT2D eigenvalue weighted by Crippen LogP contribution is -2.36. The predicted octanol–water partition coefficient (Wildman–Crippen LogP) is 3.08. The second-order valence-corrected chi connectivity index (χ2v) is 7.38. The lowest BCUT2D eigenvalue weighted by molar-refractivity contribution is 0.101. The Morgan fingerprint density at radius 3 is 2.56 bits per heavy atom. The van der Waals surface area contributed by atoms with Gasteiger partial charge in [0.05, 0.1) is 30.7 Å². The number of amides is 1. The average Bonchev–Trinajstić information content (AvgIpc) is 2.85. The fraction of sp³-hybridized carbons (Fsp3) is 0.261. The number of carbonyl (C=O) groups is 1. The minimum absolute atomic E-state index is 0.253. The topological polar surface area (TPSA) is 97.8 Å². The third-order valence-electron chi connectivity index (χ3n) is 5.24. The van der Waals surface area contributed by atoms with E-state index < -0.39 is 0 Å². The van der Waals surface area contributed by atoms with Crippen LogP contribution in [0.15, 0.2) is 54.7 Å². The second kappa shape index (κ2) is 9.11. The minimum Gasteiger partial charge on any atom is -0.486 e. The number of morpholine rings is 1. The van der Waals surface area contributed by atoms with Gasteiger partial charge >= 0.3 is 0 Å². The van der Waals surface area contributed by atoms with Crippen molar-refractivity contribution in [2.45, 2.75) is 0 Å². The first-order chi connectivity index (χ1) is 15.8. The average molecular weight is 433 g/mol. The molecular formula is C23H23N5O4. The largest absolute Gasteiger partial charge is 0.486 e. The number of nitrogens with one attached hydrogen (secondary N) is 2. The Bertz CT molecular complexity index is 1100. The van der Waals surface area contributed by atoms with Gasteiger partial charge in [0.1, 0.15) is 13.2 Å². The summed E-state index contributed by atoms with van der Waals surface area (Å²) in [5, 5.41) is 14.4. The highest BCUT2D eigenvalue weighted by atomic mass is 16.6. The summed E-state index contributed by atoms with van der Waals surface area (Å²) >= 11 is 0. The van der Waals surface area contributed by atoms with E-state index in [2.05, 4.69) is 25.7 Å². The molecule has 0 bridgehead atoms. The zero-order valence-electron chi connectivity index (χ0n) is 17.4. The number of ether oxygens (including phenoxy) is 3. The van der Waals surface area contributed by atoms with Crippen LogP contribution in [0.4, 0.5) is 22.9 Å². The van der Waals surface area contributed by atoms with Crippen molar-refractivity contribution in [2.24, 2.45) is 0 Å². The zero-order valence-corrected chi connectivity index (χ0v) is 17.4. The molecule has 0 spiro atoms. The molecule has 3 aromatic rings. The smallest absolute Gasteiger partial charge is 0.259 e. The van der Waals surface area contributed by atoms with E-state index in [-0.39, 0.29) is 5.91 Å². The molecule has 0 aliphatic carbocycles. The molecule has 1 saturated heterocycles. The molecule has 2 aliphatic heterocycles. The first-order valence-corrected chi connectivity index (χ1v) is 10.5. The summed E-state index contributed by atoms with van der Waals surface area (Å²) in [5.74, 6) is 1.47. The molecule has 9 nitrogen and oxygen atoms in total. The van der Waals surface area contributed by atoms with Gasteiger partial charge in [-0.1, -0.05) is 6.07 Å². The number of benzene rings is 2. The van der Waals surface area contributed by atoms with Crippen molar-refractivity contribution < 1.29 is 19.0 Å². The van der Waals surface area contributed by atoms with Gasteiger partial charge in [-0.2, -0.15) is 5.10 Å². The van der Waals surface area contributed by atoms with Crippen LogP contribution in [0.1, 0.15) is 10.4 Å². The van der Waals surface area contributed by atoms with E-state index in [1.54, 1.807) is 24.4 Å². The molecule has 2 aromatic carbocycles. The van der Waals surface area contributed by atoms with E-state index >= 15 is 0 Å². The molecule has 1 aromatic heterocycles. The Balaban J connectivity index is 1.25. The Morgan fingerprint density at radius 1 is 0.938 bits per heavy atom. The Hall–Kier alpha value is -3.85. The van der Waals surface area contributed by atoms with Crippen molar-refractivity contribution in [3.63, 3.8) is 0 Å². The van der Waals surface area contributed by atoms with E-state index in [1.165, 1.54) is 0 Å². The number of anilines is 4. The fourth-order valence-corrected chi connectivity index (χ4v) is 3.65. The predicted molar refractivity (Wildman–Crippen MR) is 120 cm³/mol. The maximum atomic E-state index is 12.8. The third-order valence-corrected chi connectivity index (χ3v) is 5.24. The molecule has 0 saturated carbocycles. The lowest BCUT2D eigenvalue weighted by Gasteiger charge is -2.28. The van der Waals surface area contributed by atoms with E-state index in [1.807, 2.05) is 30.3 Å². The van der Waals surface area contributed by atoms with Crippen molar-refractivity contribution in [3.05, 3.63) is 60.3 Å². The van der Waals surface area contributed by atoms with E-state index in [9.17, 15) is 4.79 Å². The Kier molecular flexibility index (Phi) is 5.71. The standard InChI is InChI=1S/C23H23N5O4/c29-23(19-2-1-3-20-22(19)32-13-12-31-20)26-17-6-4-16(5-7-17)25-21-14-18(15-24-27-21)28-8-10-30-11-9-28/h1-7,14-15H,8-13H2,(H,25,27)(H,26,29). The monoisotopic (exact) mass is 433 g/mol. The minimum atomic E-state index is -0.253. The lowest BCUT2D eigenvalue weighted by atomic mass is 10.1. The first-order valence-electron chi connectivity index (χ1n) is 10.5. The third kappa shape index (κ3) is 4.42. The van der Waals surface area contributed by atoms with Crippen molar-refractivity contribution >= 4 is 28.8 Å². The number of hydrogen-bond acceptors (Lipinski definition) is 8. The summed E-state index contributed by atoms with van der Waals surface area (Å²) in [6.07, 6.45) is 1.76. The van der Waals surface area contributed by atoms with Crippen LogP contribution >= 0.6 is 0 Å². The molecule has 32 heavy (non-hydrogen) atoms. The highest BCUT2D eigenvalue weighted by Crippen LogP contribution is 2.34. The molecule has 164 valence electrons. The van der Waals surface area contributed by atoms with Gasteiger partial charge < -0.3 is 29.7 Å². The molecule has 1 amide bonds. The Morgan fingerprint density at radius 2 is 1.72 bits per heavy atom. The number of fused-ring (bicyclic) bond motifs is 1. The molecular weight excluding hydrogens is 410 g/mol. The highest BCUT2D eigenvalue weighted by Gasteiger charge is 2.20. The van der Waals surface area contributed by atoms with Gasteiger partial charge in [0.15, 0.2) is 17.3 Å². The highest BCUT2D eigenvalue weighted by molar-refractivity contribution is 6.06. The maximum absolute atomic E-state index is 12.8. The van der Waals surface area contributed by atoms with Crippen LogP contribution in [-0.2, 0) is 4.74 Å². The maximum Gasteiger partial charge on any atom is 0.259 e. The van der Waals surface area contributed by atoms with Crippen LogP contribution in [0.25, 0.3) is 0 Å². The van der Waals surface area contributed by atoms with Crippen molar-refractivity contribution in [1.82, 2.24) is 10.2 Å². The fourth-order valence-electron chi connectivity index (χ4n) is 3.65. The number of carbonyl (C=O) groups excluding carboxylic acids is 1. The van der Waals surface area contributed by atoms with Crippen LogP contribution in [0.5, 0.6) is 11.5 Å². The number of rotatable bonds is 5. The van der Waals surface area contributed by atoms with E-state index in [0.717, 1.165) is 24.5 Å². The molecule has 1 fully saturated rings. The second-order valence-electron chi connectivity index (χ2n) is 7.38. The van der Waals surface area contributed by atoms with Crippen molar-refractivity contribution in [1.29, 1.82) is 0 Å². The van der Waals surface area contributed by atoms with Crippen LogP contribution < -0.4 is 25.0 Å². The molecule has 0 atom stereocenters. The van der Waals surface area contributed by atoms with Gasteiger partial charge in [0.2, 0.25) is 0 Å². The van der Waals surface area contributed by atoms with Gasteiger partial charge in [-0.05, 0) is 36.4 Å². The van der Waals surface area contributed by atoms with Crippen LogP contribution in [-0.4, -0.2) is 55.6 Å². The zero-order chi connectivity index (χ0) is 21.8. The van der Waals surface area contributed by atoms with E-state index in [4.69, 9.17) is 14.2 Å². The summed E-state index contributed by atoms with van der Waals surface area (Å²) in [4.78, 5) is 15.0. The number of hydrogen-bond donors (Lipinski definition) is 2. The van der Waals surface area contributed by atoms with Gasteiger partial charge in [-0.3, -0.25) is 4.79 Å². The quantitative estimate of drug-likeness (QED) is 0.634. The number of para-hydroxylation sites is 1. The number of aromatic nitrogens is 2. The molecule has 9 heteroatoms. The molecule has 2 N–H and O–H groups in total. The van der Waals surface area contributed by atoms with Gasteiger partial charge in [-0.15, -0.1) is 5.10 Å². The summed E-state index contributed by atoms with van der Waals surface area (Å²) in [6, 6.07) is 14.7. The van der Waals surface area contributed by atoms with Crippen LogP contribution in [0, 0.1) is 0 Å². The van der Waals surface area contributed by atoms with Gasteiger partial charge in [0, 0.05) is 30.5 Å². The van der Waals surface area contributed by atoms with Crippen molar-refractivity contribution in [2.75, 3.05) is 55.1 Å². The van der Waals surface area contributed by atoms with E-state index in [0.29, 0.717) is 55.0 Å². The molecule has 0 radical (unpaired) electrons. The SMILES string of the molecule is O=C(Nc1ccc(Nc2cc(N3CCOCC3)cnn2)cc1)c1cccc2c1OCCO2. The van der Waals surface area contributed by atoms with Gasteiger partial charge in [0.25, 0.3) is 5.91 Å². The van der Waals surface area contributed by atoms with Crippen LogP contribution in [0.3, 0.4) is 0 Å². The molecule has 2 aliphatic rings. The van der Waals surface area contributed by atoms with Gasteiger partial charge in [-0.25, -0.2) is 0 Å². The van der Waals surface area contributed by atoms with Crippen molar-refractivity contribution in [3.8, 4) is 11.5 Å². The number of nitrogens with zero attached hydrogens (tertiary/aromatic N) is 3. The van der Waals surface area contributed by atoms with Crippen LogP contribution in [0.2, 0.25) is 0 Å². The summed E-state index contributed by atoms with van der Waals surface area (Å²) in [7, 11) is 0. The molecule has 3 heterocycles. The molecule has 0 unspecified atom stereocenters. The summed E-state index contributed by atoms with van der Waals surface area (Å²) in [6.45, 7) is 3.99.